The predicted octanol–water partition coefficient (Wildman–Crippen LogP) is 1.02. The van der Waals surface area contributed by atoms with Gasteiger partial charge in [-0.2, -0.15) is 5.26 Å². The van der Waals surface area contributed by atoms with Crippen molar-refractivity contribution < 1.29 is 9.53 Å². The molecule has 1 aliphatic heterocycles. The number of nitrogens with zero attached hydrogens (tertiary/aromatic N) is 1. The molecular weight excluding hydrogens is 142 g/mol. The second-order valence-corrected chi connectivity index (χ2v) is 3.15. The lowest BCUT2D eigenvalue weighted by Gasteiger charge is -2.12. The van der Waals surface area contributed by atoms with Crippen molar-refractivity contribution in [2.24, 2.45) is 5.41 Å². The molecule has 0 aromatic heterocycles. The van der Waals surface area contributed by atoms with Crippen LogP contribution in [0.4, 0.5) is 0 Å². The van der Waals surface area contributed by atoms with E-state index in [0.717, 1.165) is 0 Å². The maximum Gasteiger partial charge on any atom is 0.335 e. The molecule has 0 saturated carbocycles. The van der Waals surface area contributed by atoms with Gasteiger partial charge < -0.3 is 4.74 Å². The van der Waals surface area contributed by atoms with Crippen molar-refractivity contribution in [3.63, 3.8) is 0 Å². The van der Waals surface area contributed by atoms with E-state index < -0.39 is 0 Å². The molecule has 1 aliphatic rings. The number of carbonyl (C=O) groups is 1. The number of cyclic esters (lactones) is 1. The second kappa shape index (κ2) is 2.39. The van der Waals surface area contributed by atoms with E-state index in [1.54, 1.807) is 0 Å². The van der Waals surface area contributed by atoms with Gasteiger partial charge in [0.05, 0.1) is 11.6 Å². The Morgan fingerprint density at radius 2 is 2.36 bits per heavy atom. The summed E-state index contributed by atoms with van der Waals surface area (Å²) in [6, 6.07) is 1.83. The normalized spacial score (nSPS) is 24.8. The van der Waals surface area contributed by atoms with E-state index in [-0.39, 0.29) is 11.4 Å². The maximum atomic E-state index is 10.9. The van der Waals surface area contributed by atoms with Crippen molar-refractivity contribution in [3.05, 3.63) is 11.6 Å². The molecule has 1 rings (SSSR count). The second-order valence-electron chi connectivity index (χ2n) is 3.15. The van der Waals surface area contributed by atoms with Crippen LogP contribution in [-0.2, 0) is 9.53 Å². The highest BCUT2D eigenvalue weighted by Crippen LogP contribution is 2.33. The molecule has 0 aromatic carbocycles. The number of rotatable bonds is 0. The summed E-state index contributed by atoms with van der Waals surface area (Å²) in [6.45, 7) is 4.13. The zero-order valence-corrected chi connectivity index (χ0v) is 6.55. The highest BCUT2D eigenvalue weighted by molar-refractivity contribution is 5.92. The molecular formula is C8H9NO2. The Balaban J connectivity index is 3.01. The van der Waals surface area contributed by atoms with E-state index in [4.69, 9.17) is 10.00 Å². The van der Waals surface area contributed by atoms with Gasteiger partial charge in [0.25, 0.3) is 0 Å². The third kappa shape index (κ3) is 1.25. The minimum atomic E-state index is -0.364. The van der Waals surface area contributed by atoms with Crippen molar-refractivity contribution in [2.45, 2.75) is 13.8 Å². The first kappa shape index (κ1) is 7.80. The van der Waals surface area contributed by atoms with E-state index >= 15 is 0 Å². The van der Waals surface area contributed by atoms with Crippen molar-refractivity contribution in [3.8, 4) is 6.07 Å². The highest BCUT2D eigenvalue weighted by Gasteiger charge is 2.37. The molecule has 11 heavy (non-hydrogen) atoms. The van der Waals surface area contributed by atoms with Crippen molar-refractivity contribution in [2.75, 3.05) is 6.61 Å². The van der Waals surface area contributed by atoms with Gasteiger partial charge >= 0.3 is 5.97 Å². The molecule has 0 unspecified atom stereocenters. The van der Waals surface area contributed by atoms with Crippen LogP contribution in [0, 0.1) is 16.7 Å². The van der Waals surface area contributed by atoms with Crippen LogP contribution in [0.3, 0.4) is 0 Å². The average molecular weight is 151 g/mol. The number of hydrogen-bond acceptors (Lipinski definition) is 3. The summed E-state index contributed by atoms with van der Waals surface area (Å²) >= 11 is 0. The van der Waals surface area contributed by atoms with Crippen molar-refractivity contribution in [1.29, 1.82) is 5.26 Å². The number of esters is 1. The van der Waals surface area contributed by atoms with E-state index in [9.17, 15) is 4.79 Å². The molecule has 0 aromatic rings. The molecule has 0 N–H and O–H groups in total. The van der Waals surface area contributed by atoms with Crippen LogP contribution >= 0.6 is 0 Å². The van der Waals surface area contributed by atoms with Gasteiger partial charge in [-0.1, -0.05) is 13.8 Å². The van der Waals surface area contributed by atoms with Gasteiger partial charge in [-0.05, 0) is 0 Å². The first-order valence-electron chi connectivity index (χ1n) is 3.35. The standard InChI is InChI=1S/C8H9NO2/c1-8(2)5-11-7(10)6(8)3-4-9/h3H,5H2,1-2H3. The number of nitriles is 1. The monoisotopic (exact) mass is 151 g/mol. The zero-order valence-electron chi connectivity index (χ0n) is 6.55. The van der Waals surface area contributed by atoms with Gasteiger partial charge in [-0.3, -0.25) is 0 Å². The molecule has 1 fully saturated rings. The minimum Gasteiger partial charge on any atom is -0.461 e. The van der Waals surface area contributed by atoms with Crippen LogP contribution in [0.25, 0.3) is 0 Å². The summed E-state index contributed by atoms with van der Waals surface area (Å²) in [5, 5.41) is 8.34. The summed E-state index contributed by atoms with van der Waals surface area (Å²) in [7, 11) is 0. The van der Waals surface area contributed by atoms with Gasteiger partial charge in [0.1, 0.15) is 6.61 Å². The zero-order chi connectivity index (χ0) is 8.48. The van der Waals surface area contributed by atoms with E-state index in [1.165, 1.54) is 6.08 Å². The fourth-order valence-corrected chi connectivity index (χ4v) is 0.997. The Morgan fingerprint density at radius 1 is 1.73 bits per heavy atom. The van der Waals surface area contributed by atoms with Gasteiger partial charge in [-0.25, -0.2) is 4.79 Å². The quantitative estimate of drug-likeness (QED) is 0.295. The van der Waals surface area contributed by atoms with Crippen LogP contribution in [0.2, 0.25) is 0 Å². The molecule has 1 saturated heterocycles. The lowest BCUT2D eigenvalue weighted by molar-refractivity contribution is -0.135. The van der Waals surface area contributed by atoms with Crippen molar-refractivity contribution in [1.82, 2.24) is 0 Å². The molecule has 0 aliphatic carbocycles. The smallest absolute Gasteiger partial charge is 0.335 e. The summed E-state index contributed by atoms with van der Waals surface area (Å²) in [5.41, 5.74) is 0.173. The topological polar surface area (TPSA) is 50.1 Å². The van der Waals surface area contributed by atoms with Crippen molar-refractivity contribution >= 4 is 5.97 Å². The predicted molar refractivity (Wildman–Crippen MR) is 38.4 cm³/mol. The molecule has 1 heterocycles. The Hall–Kier alpha value is -1.30. The summed E-state index contributed by atoms with van der Waals surface area (Å²) in [4.78, 5) is 10.9. The summed E-state index contributed by atoms with van der Waals surface area (Å²) < 4.78 is 4.77. The van der Waals surface area contributed by atoms with Gasteiger partial charge in [0.15, 0.2) is 0 Å². The van der Waals surface area contributed by atoms with Gasteiger partial charge in [-0.15, -0.1) is 0 Å². The number of hydrogen-bond donors (Lipinski definition) is 0. The molecule has 0 bridgehead atoms. The molecule has 58 valence electrons. The molecule has 3 nitrogen and oxygen atoms in total. The third-order valence-corrected chi connectivity index (χ3v) is 1.72. The first-order chi connectivity index (χ1) is 5.08. The number of ether oxygens (including phenoxy) is 1. The van der Waals surface area contributed by atoms with Gasteiger partial charge in [0, 0.05) is 11.5 Å². The van der Waals surface area contributed by atoms with Crippen LogP contribution < -0.4 is 0 Å². The Labute approximate surface area is 65.3 Å². The largest absolute Gasteiger partial charge is 0.461 e. The van der Waals surface area contributed by atoms with E-state index in [0.29, 0.717) is 12.2 Å². The Morgan fingerprint density at radius 3 is 2.73 bits per heavy atom. The SMILES string of the molecule is CC1(C)COC(=O)C1=CC#N. The molecule has 0 amide bonds. The minimum absolute atomic E-state index is 0.299. The highest BCUT2D eigenvalue weighted by atomic mass is 16.5. The van der Waals surface area contributed by atoms with Crippen LogP contribution in [0.1, 0.15) is 13.8 Å². The third-order valence-electron chi connectivity index (χ3n) is 1.72. The van der Waals surface area contributed by atoms with Crippen LogP contribution in [0.15, 0.2) is 11.6 Å². The van der Waals surface area contributed by atoms with Crippen LogP contribution in [-0.4, -0.2) is 12.6 Å². The Bertz CT molecular complexity index is 258. The fraction of sp³-hybridized carbons (Fsp3) is 0.500. The maximum absolute atomic E-state index is 10.9. The molecule has 0 radical (unpaired) electrons. The summed E-state index contributed by atoms with van der Waals surface area (Å²) in [6.07, 6.45) is 1.26. The van der Waals surface area contributed by atoms with Gasteiger partial charge in [0.2, 0.25) is 0 Å². The van der Waals surface area contributed by atoms with E-state index in [2.05, 4.69) is 0 Å². The lowest BCUT2D eigenvalue weighted by Crippen LogP contribution is -2.13. The Kier molecular flexibility index (Phi) is 1.69. The summed E-state index contributed by atoms with van der Waals surface area (Å²) in [5.74, 6) is -0.364. The first-order valence-corrected chi connectivity index (χ1v) is 3.35. The van der Waals surface area contributed by atoms with Crippen LogP contribution in [0.5, 0.6) is 0 Å². The lowest BCUT2D eigenvalue weighted by atomic mass is 9.87. The fourth-order valence-electron chi connectivity index (χ4n) is 0.997. The molecule has 0 spiro atoms. The molecule has 3 heteroatoms. The number of carbonyl (C=O) groups excluding carboxylic acids is 1. The average Bonchev–Trinajstić information content (AvgIpc) is 2.16. The van der Waals surface area contributed by atoms with E-state index in [1.807, 2.05) is 19.9 Å². The number of allylic oxidation sites excluding steroid dienone is 1. The molecule has 0 atom stereocenters.